The van der Waals surface area contributed by atoms with E-state index in [0.29, 0.717) is 22.2 Å². The number of hydrogen-bond donors (Lipinski definition) is 1. The maximum Gasteiger partial charge on any atom is 0.243 e. The molecule has 0 unspecified atom stereocenters. The summed E-state index contributed by atoms with van der Waals surface area (Å²) in [4.78, 5) is 29.2. The van der Waals surface area contributed by atoms with E-state index < -0.39 is 16.1 Å². The minimum absolute atomic E-state index is 0.0427. The average molecular weight is 633 g/mol. The first-order valence-electron chi connectivity index (χ1n) is 14.0. The van der Waals surface area contributed by atoms with Crippen LogP contribution >= 0.6 is 23.2 Å². The van der Waals surface area contributed by atoms with E-state index in [9.17, 15) is 18.0 Å². The first kappa shape index (κ1) is 33.4. The Morgan fingerprint density at radius 1 is 0.929 bits per heavy atom. The highest BCUT2D eigenvalue weighted by atomic mass is 35.5. The Bertz CT molecular complexity index is 1470. The Kier molecular flexibility index (Phi) is 12.3. The number of carbonyl (C=O) groups is 2. The molecular formula is C32H39Cl2N3O4S. The van der Waals surface area contributed by atoms with Gasteiger partial charge in [-0.1, -0.05) is 78.7 Å². The van der Waals surface area contributed by atoms with Gasteiger partial charge in [-0.05, 0) is 67.6 Å². The van der Waals surface area contributed by atoms with Crippen molar-refractivity contribution in [2.45, 2.75) is 65.1 Å². The van der Waals surface area contributed by atoms with Gasteiger partial charge in [0, 0.05) is 32.0 Å². The van der Waals surface area contributed by atoms with Crippen LogP contribution in [0.2, 0.25) is 10.0 Å². The zero-order chi connectivity index (χ0) is 30.9. The van der Waals surface area contributed by atoms with Crippen LogP contribution in [-0.2, 0) is 32.6 Å². The van der Waals surface area contributed by atoms with E-state index in [0.717, 1.165) is 29.4 Å². The number of rotatable bonds is 14. The molecule has 0 aliphatic heterocycles. The van der Waals surface area contributed by atoms with Crippen molar-refractivity contribution in [2.75, 3.05) is 17.1 Å². The van der Waals surface area contributed by atoms with E-state index in [-0.39, 0.29) is 43.8 Å². The van der Waals surface area contributed by atoms with Gasteiger partial charge in [-0.15, -0.1) is 0 Å². The second-order valence-electron chi connectivity index (χ2n) is 10.6. The molecule has 0 saturated carbocycles. The molecule has 1 N–H and O–H groups in total. The molecule has 0 fully saturated rings. The van der Waals surface area contributed by atoms with Crippen LogP contribution in [0.4, 0.5) is 5.69 Å². The van der Waals surface area contributed by atoms with Crippen LogP contribution in [0.15, 0.2) is 72.8 Å². The summed E-state index contributed by atoms with van der Waals surface area (Å²) < 4.78 is 26.6. The number of aryl methyl sites for hydroxylation is 1. The third-order valence-corrected chi connectivity index (χ3v) is 8.98. The summed E-state index contributed by atoms with van der Waals surface area (Å²) >= 11 is 12.4. The summed E-state index contributed by atoms with van der Waals surface area (Å²) in [6, 6.07) is 21.1. The molecule has 0 aliphatic carbocycles. The number of hydrogen-bond acceptors (Lipinski definition) is 4. The van der Waals surface area contributed by atoms with Gasteiger partial charge in [0.2, 0.25) is 21.8 Å². The van der Waals surface area contributed by atoms with E-state index in [4.69, 9.17) is 23.2 Å². The second-order valence-corrected chi connectivity index (χ2v) is 13.3. The van der Waals surface area contributed by atoms with Gasteiger partial charge in [0.1, 0.15) is 6.04 Å². The normalized spacial score (nSPS) is 12.8. The minimum Gasteiger partial charge on any atom is -0.352 e. The summed E-state index contributed by atoms with van der Waals surface area (Å²) in [5.74, 6) is -0.516. The zero-order valence-corrected chi connectivity index (χ0v) is 26.8. The van der Waals surface area contributed by atoms with E-state index in [1.165, 1.54) is 4.31 Å². The molecule has 3 aromatic carbocycles. The molecule has 2 amide bonds. The van der Waals surface area contributed by atoms with Crippen molar-refractivity contribution in [3.05, 3.63) is 99.5 Å². The summed E-state index contributed by atoms with van der Waals surface area (Å²) in [6.45, 7) is 6.06. The monoisotopic (exact) mass is 631 g/mol. The molecule has 0 aromatic heterocycles. The van der Waals surface area contributed by atoms with Crippen LogP contribution in [0.1, 0.15) is 49.8 Å². The zero-order valence-electron chi connectivity index (χ0n) is 24.5. The topological polar surface area (TPSA) is 86.8 Å². The molecule has 0 bridgehead atoms. The number of nitrogens with one attached hydrogen (secondary N) is 1. The fourth-order valence-electron chi connectivity index (χ4n) is 4.62. The van der Waals surface area contributed by atoms with Crippen LogP contribution in [0, 0.1) is 6.92 Å². The van der Waals surface area contributed by atoms with E-state index in [2.05, 4.69) is 5.32 Å². The number of nitrogens with zero attached hydrogens (tertiary/aromatic N) is 2. The molecule has 0 heterocycles. The van der Waals surface area contributed by atoms with Crippen LogP contribution < -0.4 is 9.62 Å². The number of sulfonamides is 1. The standard InChI is InChI=1S/C32H39Cl2N3O4S/c1-5-24(3)35-32(39)30(21-25-12-7-6-8-13-25)36(22-26-16-17-28(33)29(34)20-26)31(38)15-10-18-37(42(4,40)41)27-14-9-11-23(2)19-27/h6-9,11-14,16-17,19-20,24,30H,5,10,15,18,21-22H2,1-4H3,(H,35,39)/t24-,30+/m0/s1. The highest BCUT2D eigenvalue weighted by molar-refractivity contribution is 7.92. The van der Waals surface area contributed by atoms with Gasteiger partial charge >= 0.3 is 0 Å². The third-order valence-electron chi connectivity index (χ3n) is 7.05. The molecular weight excluding hydrogens is 593 g/mol. The Balaban J connectivity index is 1.91. The first-order valence-corrected chi connectivity index (χ1v) is 16.6. The predicted octanol–water partition coefficient (Wildman–Crippen LogP) is 6.40. The third kappa shape index (κ3) is 9.75. The van der Waals surface area contributed by atoms with Crippen LogP contribution in [0.25, 0.3) is 0 Å². The minimum atomic E-state index is -3.58. The quantitative estimate of drug-likeness (QED) is 0.223. The molecule has 3 rings (SSSR count). The lowest BCUT2D eigenvalue weighted by Crippen LogP contribution is -2.52. The lowest BCUT2D eigenvalue weighted by atomic mass is 10.0. The maximum absolute atomic E-state index is 13.9. The molecule has 2 atom stereocenters. The Labute approximate surface area is 259 Å². The SMILES string of the molecule is CC[C@H](C)NC(=O)[C@@H](Cc1ccccc1)N(Cc1ccc(Cl)c(Cl)c1)C(=O)CCCN(c1cccc(C)c1)S(C)(=O)=O. The smallest absolute Gasteiger partial charge is 0.243 e. The average Bonchev–Trinajstić information content (AvgIpc) is 2.94. The van der Waals surface area contributed by atoms with Crippen molar-refractivity contribution in [3.63, 3.8) is 0 Å². The van der Waals surface area contributed by atoms with Gasteiger partial charge in [0.15, 0.2) is 0 Å². The summed E-state index contributed by atoms with van der Waals surface area (Å²) in [7, 11) is -3.58. The van der Waals surface area contributed by atoms with Crippen molar-refractivity contribution in [1.82, 2.24) is 10.2 Å². The summed E-state index contributed by atoms with van der Waals surface area (Å²) in [5.41, 5.74) is 3.12. The molecule has 3 aromatic rings. The van der Waals surface area contributed by atoms with Gasteiger partial charge in [-0.2, -0.15) is 0 Å². The molecule has 0 spiro atoms. The van der Waals surface area contributed by atoms with E-state index >= 15 is 0 Å². The number of anilines is 1. The highest BCUT2D eigenvalue weighted by Crippen LogP contribution is 2.25. The largest absolute Gasteiger partial charge is 0.352 e. The summed E-state index contributed by atoms with van der Waals surface area (Å²) in [5, 5.41) is 3.79. The van der Waals surface area contributed by atoms with Gasteiger partial charge in [-0.25, -0.2) is 8.42 Å². The van der Waals surface area contributed by atoms with E-state index in [1.54, 1.807) is 41.3 Å². The fraction of sp³-hybridized carbons (Fsp3) is 0.375. The highest BCUT2D eigenvalue weighted by Gasteiger charge is 2.31. The molecule has 226 valence electrons. The number of carbonyl (C=O) groups excluding carboxylic acids is 2. The Hall–Kier alpha value is -3.07. The Morgan fingerprint density at radius 2 is 1.64 bits per heavy atom. The van der Waals surface area contributed by atoms with Crippen molar-refractivity contribution < 1.29 is 18.0 Å². The van der Waals surface area contributed by atoms with E-state index in [1.807, 2.05) is 57.2 Å². The molecule has 0 saturated heterocycles. The lowest BCUT2D eigenvalue weighted by molar-refractivity contribution is -0.141. The number of benzene rings is 3. The molecule has 42 heavy (non-hydrogen) atoms. The van der Waals surface area contributed by atoms with Gasteiger partial charge < -0.3 is 10.2 Å². The molecule has 7 nitrogen and oxygen atoms in total. The van der Waals surface area contributed by atoms with Crippen molar-refractivity contribution in [1.29, 1.82) is 0 Å². The van der Waals surface area contributed by atoms with Gasteiger partial charge in [-0.3, -0.25) is 13.9 Å². The Morgan fingerprint density at radius 3 is 2.26 bits per heavy atom. The van der Waals surface area contributed by atoms with Crippen LogP contribution in [-0.4, -0.2) is 50.0 Å². The van der Waals surface area contributed by atoms with Crippen molar-refractivity contribution in [2.24, 2.45) is 0 Å². The fourth-order valence-corrected chi connectivity index (χ4v) is 5.89. The second kappa shape index (κ2) is 15.4. The van der Waals surface area contributed by atoms with Crippen molar-refractivity contribution in [3.8, 4) is 0 Å². The molecule has 0 aliphatic rings. The predicted molar refractivity (Wildman–Crippen MR) is 171 cm³/mol. The van der Waals surface area contributed by atoms with Crippen LogP contribution in [0.3, 0.4) is 0 Å². The van der Waals surface area contributed by atoms with Gasteiger partial charge in [0.05, 0.1) is 22.0 Å². The van der Waals surface area contributed by atoms with Crippen LogP contribution in [0.5, 0.6) is 0 Å². The molecule has 0 radical (unpaired) electrons. The number of amides is 2. The van der Waals surface area contributed by atoms with Crippen molar-refractivity contribution >= 4 is 50.7 Å². The number of halogens is 2. The maximum atomic E-state index is 13.9. The summed E-state index contributed by atoms with van der Waals surface area (Å²) in [6.07, 6.45) is 2.52. The molecule has 10 heteroatoms. The van der Waals surface area contributed by atoms with Gasteiger partial charge in [0.25, 0.3) is 0 Å². The lowest BCUT2D eigenvalue weighted by Gasteiger charge is -2.33. The first-order chi connectivity index (χ1) is 19.9.